The van der Waals surface area contributed by atoms with Crippen molar-refractivity contribution < 1.29 is 24.2 Å². The molecule has 0 spiro atoms. The van der Waals surface area contributed by atoms with Gasteiger partial charge >= 0.3 is 11.9 Å². The number of fused-ring (bicyclic) bond motifs is 2. The van der Waals surface area contributed by atoms with E-state index in [0.29, 0.717) is 11.8 Å². The van der Waals surface area contributed by atoms with E-state index in [0.717, 1.165) is 19.3 Å². The van der Waals surface area contributed by atoms with Crippen LogP contribution in [0.4, 0.5) is 0 Å². The Morgan fingerprint density at radius 2 is 2.05 bits per heavy atom. The van der Waals surface area contributed by atoms with Crippen LogP contribution in [0.5, 0.6) is 0 Å². The van der Waals surface area contributed by atoms with Crippen molar-refractivity contribution in [3.8, 4) is 0 Å². The quantitative estimate of drug-likeness (QED) is 0.708. The van der Waals surface area contributed by atoms with Crippen LogP contribution in [0, 0.1) is 17.8 Å². The van der Waals surface area contributed by atoms with E-state index in [9.17, 15) is 14.4 Å². The number of carboxylic acids is 1. The fourth-order valence-corrected chi connectivity index (χ4v) is 3.47. The first-order valence-electron chi connectivity index (χ1n) is 7.11. The van der Waals surface area contributed by atoms with E-state index in [-0.39, 0.29) is 24.7 Å². The fraction of sp³-hybridized carbons (Fsp3) is 0.786. The second-order valence-electron chi connectivity index (χ2n) is 5.80. The van der Waals surface area contributed by atoms with Gasteiger partial charge in [-0.3, -0.25) is 9.59 Å². The summed E-state index contributed by atoms with van der Waals surface area (Å²) in [6.07, 6.45) is 4.29. The number of amides is 1. The van der Waals surface area contributed by atoms with Gasteiger partial charge in [-0.15, -0.1) is 0 Å². The molecule has 2 N–H and O–H groups in total. The molecule has 0 aromatic carbocycles. The maximum Gasteiger partial charge on any atom is 0.326 e. The number of carboxylic acid groups (broad SMARTS) is 1. The van der Waals surface area contributed by atoms with Gasteiger partial charge in [-0.1, -0.05) is 6.42 Å². The standard InChI is InChI=1S/C14H21NO5/c1-20-12(16)5-4-11(14(18)19)15-13(17)10-7-8-2-3-9(10)6-8/h8-11H,2-7H2,1H3,(H,15,17)(H,18,19)/t8?,9?,10?,11-/m0/s1. The van der Waals surface area contributed by atoms with Crippen LogP contribution in [0.15, 0.2) is 0 Å². The molecule has 2 bridgehead atoms. The molecule has 2 aliphatic rings. The van der Waals surface area contributed by atoms with Gasteiger partial charge in [0, 0.05) is 12.3 Å². The number of methoxy groups -OCH3 is 1. The Morgan fingerprint density at radius 3 is 2.55 bits per heavy atom. The second kappa shape index (κ2) is 6.24. The van der Waals surface area contributed by atoms with Crippen LogP contribution in [-0.2, 0) is 19.1 Å². The van der Waals surface area contributed by atoms with Crippen LogP contribution in [-0.4, -0.2) is 36.1 Å². The summed E-state index contributed by atoms with van der Waals surface area (Å²) in [5, 5.41) is 11.7. The van der Waals surface area contributed by atoms with E-state index in [1.807, 2.05) is 0 Å². The molecule has 0 saturated heterocycles. The number of ether oxygens (including phenoxy) is 1. The molecule has 0 aromatic heterocycles. The molecular formula is C14H21NO5. The zero-order valence-electron chi connectivity index (χ0n) is 11.6. The topological polar surface area (TPSA) is 92.7 Å². The molecule has 0 heterocycles. The van der Waals surface area contributed by atoms with Gasteiger partial charge in [0.25, 0.3) is 0 Å². The number of hydrogen-bond acceptors (Lipinski definition) is 4. The molecule has 2 aliphatic carbocycles. The minimum atomic E-state index is -1.11. The van der Waals surface area contributed by atoms with E-state index < -0.39 is 18.0 Å². The Bertz CT molecular complexity index is 408. The molecule has 0 radical (unpaired) electrons. The average Bonchev–Trinajstić information content (AvgIpc) is 3.04. The van der Waals surface area contributed by atoms with Crippen molar-refractivity contribution >= 4 is 17.8 Å². The largest absolute Gasteiger partial charge is 0.480 e. The third kappa shape index (κ3) is 3.29. The molecule has 4 atom stereocenters. The maximum absolute atomic E-state index is 12.2. The Balaban J connectivity index is 1.86. The monoisotopic (exact) mass is 283 g/mol. The van der Waals surface area contributed by atoms with Gasteiger partial charge in [0.05, 0.1) is 7.11 Å². The first-order chi connectivity index (χ1) is 9.51. The van der Waals surface area contributed by atoms with Crippen molar-refractivity contribution in [1.82, 2.24) is 5.32 Å². The SMILES string of the molecule is COC(=O)CC[C@H](NC(=O)C1CC2CCC1C2)C(=O)O. The van der Waals surface area contributed by atoms with Gasteiger partial charge in [0.15, 0.2) is 0 Å². The average molecular weight is 283 g/mol. The van der Waals surface area contributed by atoms with Crippen molar-refractivity contribution in [2.24, 2.45) is 17.8 Å². The predicted octanol–water partition coefficient (Wildman–Crippen LogP) is 0.945. The Morgan fingerprint density at radius 1 is 1.30 bits per heavy atom. The molecule has 1 amide bonds. The lowest BCUT2D eigenvalue weighted by Crippen LogP contribution is -2.45. The lowest BCUT2D eigenvalue weighted by molar-refractivity contribution is -0.144. The first-order valence-corrected chi connectivity index (χ1v) is 7.11. The minimum absolute atomic E-state index is 0.00946. The first kappa shape index (κ1) is 14.8. The number of esters is 1. The summed E-state index contributed by atoms with van der Waals surface area (Å²) in [5.74, 6) is -0.747. The summed E-state index contributed by atoms with van der Waals surface area (Å²) in [4.78, 5) is 34.4. The highest BCUT2D eigenvalue weighted by molar-refractivity contribution is 5.85. The highest BCUT2D eigenvalue weighted by Crippen LogP contribution is 2.48. The number of carbonyl (C=O) groups is 3. The summed E-state index contributed by atoms with van der Waals surface area (Å²) in [6, 6.07) is -1.01. The highest BCUT2D eigenvalue weighted by atomic mass is 16.5. The molecule has 0 aromatic rings. The summed E-state index contributed by atoms with van der Waals surface area (Å²) >= 11 is 0. The Kier molecular flexibility index (Phi) is 4.62. The van der Waals surface area contributed by atoms with Gasteiger partial charge in [-0.25, -0.2) is 4.79 Å². The fourth-order valence-electron chi connectivity index (χ4n) is 3.47. The molecule has 2 rings (SSSR count). The molecule has 112 valence electrons. The number of carbonyl (C=O) groups excluding carboxylic acids is 2. The second-order valence-corrected chi connectivity index (χ2v) is 5.80. The van der Waals surface area contributed by atoms with Gasteiger partial charge in [0.1, 0.15) is 6.04 Å². The zero-order chi connectivity index (χ0) is 14.7. The van der Waals surface area contributed by atoms with Gasteiger partial charge in [-0.2, -0.15) is 0 Å². The molecule has 3 unspecified atom stereocenters. The maximum atomic E-state index is 12.2. The van der Waals surface area contributed by atoms with Crippen molar-refractivity contribution in [3.63, 3.8) is 0 Å². The van der Waals surface area contributed by atoms with E-state index in [1.54, 1.807) is 0 Å². The summed E-state index contributed by atoms with van der Waals surface area (Å²) in [7, 11) is 1.26. The van der Waals surface area contributed by atoms with Crippen molar-refractivity contribution in [3.05, 3.63) is 0 Å². The molecule has 6 heteroatoms. The molecule has 20 heavy (non-hydrogen) atoms. The molecule has 6 nitrogen and oxygen atoms in total. The summed E-state index contributed by atoms with van der Waals surface area (Å²) in [5.41, 5.74) is 0. The number of nitrogens with one attached hydrogen (secondary N) is 1. The summed E-state index contributed by atoms with van der Waals surface area (Å²) < 4.78 is 4.48. The van der Waals surface area contributed by atoms with E-state index in [1.165, 1.54) is 13.5 Å². The number of rotatable bonds is 6. The van der Waals surface area contributed by atoms with Crippen LogP contribution in [0.3, 0.4) is 0 Å². The zero-order valence-corrected chi connectivity index (χ0v) is 11.6. The van der Waals surface area contributed by atoms with Crippen LogP contribution < -0.4 is 5.32 Å². The van der Waals surface area contributed by atoms with E-state index >= 15 is 0 Å². The van der Waals surface area contributed by atoms with E-state index in [2.05, 4.69) is 10.1 Å². The van der Waals surface area contributed by atoms with Crippen LogP contribution in [0.1, 0.15) is 38.5 Å². The smallest absolute Gasteiger partial charge is 0.326 e. The summed E-state index contributed by atoms with van der Waals surface area (Å²) in [6.45, 7) is 0. The van der Waals surface area contributed by atoms with Crippen molar-refractivity contribution in [2.45, 2.75) is 44.6 Å². The van der Waals surface area contributed by atoms with Gasteiger partial charge < -0.3 is 15.2 Å². The van der Waals surface area contributed by atoms with Gasteiger partial charge in [-0.05, 0) is 37.5 Å². The third-order valence-electron chi connectivity index (χ3n) is 4.55. The van der Waals surface area contributed by atoms with Crippen LogP contribution >= 0.6 is 0 Å². The lowest BCUT2D eigenvalue weighted by Gasteiger charge is -2.23. The van der Waals surface area contributed by atoms with E-state index in [4.69, 9.17) is 5.11 Å². The van der Waals surface area contributed by atoms with Gasteiger partial charge in [0.2, 0.25) is 5.91 Å². The van der Waals surface area contributed by atoms with Crippen LogP contribution in [0.2, 0.25) is 0 Å². The van der Waals surface area contributed by atoms with Crippen molar-refractivity contribution in [2.75, 3.05) is 7.11 Å². The number of hydrogen-bond donors (Lipinski definition) is 2. The number of aliphatic carboxylic acids is 1. The molecule has 0 aliphatic heterocycles. The normalized spacial score (nSPS) is 28.9. The molecular weight excluding hydrogens is 262 g/mol. The minimum Gasteiger partial charge on any atom is -0.480 e. The molecule has 2 saturated carbocycles. The third-order valence-corrected chi connectivity index (χ3v) is 4.55. The Labute approximate surface area is 117 Å². The molecule has 2 fully saturated rings. The highest BCUT2D eigenvalue weighted by Gasteiger charge is 2.43. The van der Waals surface area contributed by atoms with Crippen molar-refractivity contribution in [1.29, 1.82) is 0 Å². The van der Waals surface area contributed by atoms with Crippen LogP contribution in [0.25, 0.3) is 0 Å². The lowest BCUT2D eigenvalue weighted by atomic mass is 9.88. The Hall–Kier alpha value is -1.59. The predicted molar refractivity (Wildman–Crippen MR) is 69.8 cm³/mol.